The molecule has 0 heterocycles. The molecule has 0 unspecified atom stereocenters. The monoisotopic (exact) mass is 272 g/mol. The highest BCUT2D eigenvalue weighted by Gasteiger charge is 2.10. The molecule has 2 N–H and O–H groups in total. The molecule has 110 valence electrons. The zero-order valence-corrected chi connectivity index (χ0v) is 13.3. The molecule has 0 aliphatic carbocycles. The average Bonchev–Trinajstić information content (AvgIpc) is 2.35. The molecule has 2 nitrogen and oxygen atoms in total. The van der Waals surface area contributed by atoms with E-state index in [2.05, 4.69) is 62.6 Å². The molecule has 0 aliphatic heterocycles. The second-order valence-corrected chi connectivity index (χ2v) is 6.19. The lowest BCUT2D eigenvalue weighted by Gasteiger charge is -2.26. The van der Waals surface area contributed by atoms with E-state index in [1.807, 2.05) is 6.07 Å². The third kappa shape index (κ3) is 6.75. The molecule has 0 radical (unpaired) electrons. The van der Waals surface area contributed by atoms with E-state index in [4.69, 9.17) is 5.73 Å². The van der Waals surface area contributed by atoms with Crippen molar-refractivity contribution in [1.82, 2.24) is 4.90 Å². The smallest absolute Gasteiger partial charge is 0.0555 e. The summed E-state index contributed by atoms with van der Waals surface area (Å²) in [6.45, 7) is 12.8. The molecule has 2 heteroatoms. The van der Waals surface area contributed by atoms with Gasteiger partial charge in [-0.2, -0.15) is 0 Å². The van der Waals surface area contributed by atoms with Gasteiger partial charge in [-0.25, -0.2) is 0 Å². The zero-order valence-electron chi connectivity index (χ0n) is 13.3. The molecule has 0 aromatic heterocycles. The molecule has 0 fully saturated rings. The maximum absolute atomic E-state index is 5.42. The van der Waals surface area contributed by atoms with Crippen LogP contribution in [0.25, 0.3) is 0 Å². The third-order valence-corrected chi connectivity index (χ3v) is 2.91. The SMILES string of the molecule is CC(C)CN(Cc1cccc(C#CCN)c1)CC(C)C. The van der Waals surface area contributed by atoms with Crippen LogP contribution in [0.15, 0.2) is 24.3 Å². The van der Waals surface area contributed by atoms with Crippen molar-refractivity contribution in [2.45, 2.75) is 34.2 Å². The summed E-state index contributed by atoms with van der Waals surface area (Å²) >= 11 is 0. The summed E-state index contributed by atoms with van der Waals surface area (Å²) in [5, 5.41) is 0. The van der Waals surface area contributed by atoms with Crippen LogP contribution >= 0.6 is 0 Å². The maximum atomic E-state index is 5.42. The topological polar surface area (TPSA) is 29.3 Å². The van der Waals surface area contributed by atoms with Crippen molar-refractivity contribution >= 4 is 0 Å². The molecule has 0 aliphatic rings. The van der Waals surface area contributed by atoms with E-state index < -0.39 is 0 Å². The summed E-state index contributed by atoms with van der Waals surface area (Å²) in [6.07, 6.45) is 0. The van der Waals surface area contributed by atoms with Crippen LogP contribution in [0.5, 0.6) is 0 Å². The Kier molecular flexibility index (Phi) is 7.36. The van der Waals surface area contributed by atoms with Crippen LogP contribution in [0.4, 0.5) is 0 Å². The van der Waals surface area contributed by atoms with Gasteiger partial charge in [-0.05, 0) is 29.5 Å². The first kappa shape index (κ1) is 16.8. The van der Waals surface area contributed by atoms with Gasteiger partial charge in [0.2, 0.25) is 0 Å². The highest BCUT2D eigenvalue weighted by Crippen LogP contribution is 2.11. The summed E-state index contributed by atoms with van der Waals surface area (Å²) in [4.78, 5) is 2.53. The molecule has 0 bridgehead atoms. The summed E-state index contributed by atoms with van der Waals surface area (Å²) in [7, 11) is 0. The van der Waals surface area contributed by atoms with Crippen LogP contribution in [0, 0.1) is 23.7 Å². The normalized spacial score (nSPS) is 11.0. The number of rotatable bonds is 6. The van der Waals surface area contributed by atoms with Crippen LogP contribution in [0.3, 0.4) is 0 Å². The van der Waals surface area contributed by atoms with E-state index in [0.717, 1.165) is 25.2 Å². The number of nitrogens with two attached hydrogens (primary N) is 1. The summed E-state index contributed by atoms with van der Waals surface area (Å²) < 4.78 is 0. The Morgan fingerprint density at radius 2 is 1.75 bits per heavy atom. The molecule has 1 aromatic carbocycles. The fourth-order valence-electron chi connectivity index (χ4n) is 2.40. The highest BCUT2D eigenvalue weighted by molar-refractivity contribution is 5.37. The average molecular weight is 272 g/mol. The first-order valence-corrected chi connectivity index (χ1v) is 7.51. The second-order valence-electron chi connectivity index (χ2n) is 6.19. The fourth-order valence-corrected chi connectivity index (χ4v) is 2.40. The third-order valence-electron chi connectivity index (χ3n) is 2.91. The van der Waals surface area contributed by atoms with Gasteiger partial charge in [-0.3, -0.25) is 4.90 Å². The van der Waals surface area contributed by atoms with Gasteiger partial charge in [0.25, 0.3) is 0 Å². The van der Waals surface area contributed by atoms with Gasteiger partial charge in [0.15, 0.2) is 0 Å². The Bertz CT molecular complexity index is 442. The largest absolute Gasteiger partial charge is 0.320 e. The van der Waals surface area contributed by atoms with Crippen molar-refractivity contribution in [3.8, 4) is 11.8 Å². The maximum Gasteiger partial charge on any atom is 0.0555 e. The minimum absolute atomic E-state index is 0.414. The first-order valence-electron chi connectivity index (χ1n) is 7.51. The Balaban J connectivity index is 2.76. The van der Waals surface area contributed by atoms with Crippen LogP contribution in [0.2, 0.25) is 0 Å². The van der Waals surface area contributed by atoms with E-state index in [1.165, 1.54) is 5.56 Å². The van der Waals surface area contributed by atoms with Crippen molar-refractivity contribution < 1.29 is 0 Å². The van der Waals surface area contributed by atoms with Gasteiger partial charge in [0.1, 0.15) is 0 Å². The van der Waals surface area contributed by atoms with E-state index in [9.17, 15) is 0 Å². The molecular weight excluding hydrogens is 244 g/mol. The van der Waals surface area contributed by atoms with E-state index in [0.29, 0.717) is 18.4 Å². The van der Waals surface area contributed by atoms with E-state index in [1.54, 1.807) is 0 Å². The molecular formula is C18H28N2. The molecule has 20 heavy (non-hydrogen) atoms. The van der Waals surface area contributed by atoms with Crippen molar-refractivity contribution in [1.29, 1.82) is 0 Å². The van der Waals surface area contributed by atoms with E-state index in [-0.39, 0.29) is 0 Å². The lowest BCUT2D eigenvalue weighted by atomic mass is 10.1. The Morgan fingerprint density at radius 1 is 1.10 bits per heavy atom. The van der Waals surface area contributed by atoms with Crippen molar-refractivity contribution in [3.05, 3.63) is 35.4 Å². The molecule has 0 saturated carbocycles. The van der Waals surface area contributed by atoms with Crippen LogP contribution in [-0.2, 0) is 6.54 Å². The van der Waals surface area contributed by atoms with E-state index >= 15 is 0 Å². The van der Waals surface area contributed by atoms with Crippen molar-refractivity contribution in [3.63, 3.8) is 0 Å². The predicted octanol–water partition coefficient (Wildman–Crippen LogP) is 3.11. The first-order chi connectivity index (χ1) is 9.51. The molecule has 0 atom stereocenters. The molecule has 0 saturated heterocycles. The predicted molar refractivity (Wildman–Crippen MR) is 87.3 cm³/mol. The molecule has 0 spiro atoms. The zero-order chi connectivity index (χ0) is 15.0. The van der Waals surface area contributed by atoms with Crippen LogP contribution < -0.4 is 5.73 Å². The summed E-state index contributed by atoms with van der Waals surface area (Å²) in [6, 6.07) is 8.48. The second kappa shape index (κ2) is 8.79. The Morgan fingerprint density at radius 3 is 2.30 bits per heavy atom. The molecule has 1 aromatic rings. The molecule has 1 rings (SSSR count). The minimum atomic E-state index is 0.414. The highest BCUT2D eigenvalue weighted by atomic mass is 15.1. The molecule has 0 amide bonds. The van der Waals surface area contributed by atoms with Gasteiger partial charge in [0, 0.05) is 25.2 Å². The van der Waals surface area contributed by atoms with Gasteiger partial charge in [-0.15, -0.1) is 0 Å². The van der Waals surface area contributed by atoms with Crippen LogP contribution in [-0.4, -0.2) is 24.5 Å². The van der Waals surface area contributed by atoms with Gasteiger partial charge in [0.05, 0.1) is 6.54 Å². The van der Waals surface area contributed by atoms with Crippen molar-refractivity contribution in [2.24, 2.45) is 17.6 Å². The van der Waals surface area contributed by atoms with Crippen LogP contribution in [0.1, 0.15) is 38.8 Å². The Hall–Kier alpha value is -1.30. The van der Waals surface area contributed by atoms with Gasteiger partial charge in [-0.1, -0.05) is 51.7 Å². The van der Waals surface area contributed by atoms with Gasteiger partial charge >= 0.3 is 0 Å². The number of nitrogens with zero attached hydrogens (tertiary/aromatic N) is 1. The standard InChI is InChI=1S/C18H28N2/c1-15(2)12-20(13-16(3)4)14-18-8-5-7-17(11-18)9-6-10-19/h5,7-8,11,15-16H,10,12-14,19H2,1-4H3. The fraction of sp³-hybridized carbons (Fsp3) is 0.556. The summed E-state index contributed by atoms with van der Waals surface area (Å²) in [5.41, 5.74) is 7.81. The number of benzene rings is 1. The lowest BCUT2D eigenvalue weighted by Crippen LogP contribution is -2.30. The summed E-state index contributed by atoms with van der Waals surface area (Å²) in [5.74, 6) is 7.40. The quantitative estimate of drug-likeness (QED) is 0.806. The number of hydrogen-bond acceptors (Lipinski definition) is 2. The number of hydrogen-bond donors (Lipinski definition) is 1. The van der Waals surface area contributed by atoms with Gasteiger partial charge < -0.3 is 5.73 Å². The Labute approximate surface area is 124 Å². The van der Waals surface area contributed by atoms with Crippen molar-refractivity contribution in [2.75, 3.05) is 19.6 Å². The minimum Gasteiger partial charge on any atom is -0.320 e. The lowest BCUT2D eigenvalue weighted by molar-refractivity contribution is 0.211.